The van der Waals surface area contributed by atoms with Gasteiger partial charge in [0.25, 0.3) is 0 Å². The summed E-state index contributed by atoms with van der Waals surface area (Å²) in [6.07, 6.45) is -4.38. The van der Waals surface area contributed by atoms with Gasteiger partial charge < -0.3 is 10.6 Å². The standard InChI is InChI=1S/C14H19F3N2O/c1-9(2)12(18)13(20)19(3)8-10-5-4-6-11(7-10)14(15,16)17/h4-7,9,12H,8,18H2,1-3H3/t12-/m0/s1. The average molecular weight is 288 g/mol. The first kappa shape index (κ1) is 16.5. The van der Waals surface area contributed by atoms with E-state index in [-0.39, 0.29) is 18.4 Å². The number of rotatable bonds is 4. The number of amides is 1. The van der Waals surface area contributed by atoms with E-state index in [2.05, 4.69) is 0 Å². The van der Waals surface area contributed by atoms with Crippen LogP contribution in [-0.4, -0.2) is 23.9 Å². The molecule has 2 N–H and O–H groups in total. The van der Waals surface area contributed by atoms with Gasteiger partial charge in [-0.1, -0.05) is 26.0 Å². The lowest BCUT2D eigenvalue weighted by molar-refractivity contribution is -0.137. The molecule has 0 aliphatic carbocycles. The lowest BCUT2D eigenvalue weighted by Gasteiger charge is -2.23. The van der Waals surface area contributed by atoms with Gasteiger partial charge in [0.2, 0.25) is 5.91 Å². The lowest BCUT2D eigenvalue weighted by atomic mass is 10.0. The van der Waals surface area contributed by atoms with E-state index in [1.807, 2.05) is 13.8 Å². The molecule has 1 aromatic carbocycles. The van der Waals surface area contributed by atoms with Crippen molar-refractivity contribution in [3.05, 3.63) is 35.4 Å². The Labute approximate surface area is 116 Å². The maximum absolute atomic E-state index is 12.6. The zero-order valence-electron chi connectivity index (χ0n) is 11.7. The molecule has 0 spiro atoms. The smallest absolute Gasteiger partial charge is 0.340 e. The number of alkyl halides is 3. The van der Waals surface area contributed by atoms with E-state index in [1.54, 1.807) is 6.07 Å². The van der Waals surface area contributed by atoms with Crippen LogP contribution in [0.25, 0.3) is 0 Å². The molecule has 0 radical (unpaired) electrons. The van der Waals surface area contributed by atoms with Gasteiger partial charge in [0, 0.05) is 13.6 Å². The Kier molecular flexibility index (Phi) is 5.16. The van der Waals surface area contributed by atoms with Gasteiger partial charge in [-0.05, 0) is 23.6 Å². The molecule has 0 unspecified atom stereocenters. The summed E-state index contributed by atoms with van der Waals surface area (Å²) in [6, 6.07) is 4.29. The molecule has 6 heteroatoms. The van der Waals surface area contributed by atoms with Crippen LogP contribution in [0.2, 0.25) is 0 Å². The molecule has 0 aliphatic rings. The molecule has 112 valence electrons. The first-order valence-electron chi connectivity index (χ1n) is 6.29. The molecule has 1 rings (SSSR count). The Morgan fingerprint density at radius 3 is 2.45 bits per heavy atom. The highest BCUT2D eigenvalue weighted by atomic mass is 19.4. The number of benzene rings is 1. The van der Waals surface area contributed by atoms with E-state index in [0.717, 1.165) is 12.1 Å². The second-order valence-electron chi connectivity index (χ2n) is 5.16. The van der Waals surface area contributed by atoms with Gasteiger partial charge in [-0.2, -0.15) is 13.2 Å². The molecule has 0 fully saturated rings. The second-order valence-corrected chi connectivity index (χ2v) is 5.16. The number of carbonyl (C=O) groups excluding carboxylic acids is 1. The van der Waals surface area contributed by atoms with Crippen molar-refractivity contribution in [1.29, 1.82) is 0 Å². The zero-order valence-corrected chi connectivity index (χ0v) is 11.7. The average Bonchev–Trinajstić information content (AvgIpc) is 2.36. The van der Waals surface area contributed by atoms with Crippen LogP contribution in [0.15, 0.2) is 24.3 Å². The minimum Gasteiger partial charge on any atom is -0.340 e. The summed E-state index contributed by atoms with van der Waals surface area (Å²) in [7, 11) is 1.53. The van der Waals surface area contributed by atoms with E-state index < -0.39 is 17.8 Å². The van der Waals surface area contributed by atoms with Crippen LogP contribution < -0.4 is 5.73 Å². The summed E-state index contributed by atoms with van der Waals surface area (Å²) < 4.78 is 37.8. The molecule has 0 heterocycles. The highest BCUT2D eigenvalue weighted by molar-refractivity contribution is 5.81. The SMILES string of the molecule is CC(C)[C@H](N)C(=O)N(C)Cc1cccc(C(F)(F)F)c1. The third-order valence-electron chi connectivity index (χ3n) is 3.05. The van der Waals surface area contributed by atoms with E-state index in [1.165, 1.54) is 18.0 Å². The fourth-order valence-electron chi connectivity index (χ4n) is 1.74. The summed E-state index contributed by atoms with van der Waals surface area (Å²) in [5, 5.41) is 0. The number of likely N-dealkylation sites (N-methyl/N-ethyl adjacent to an activating group) is 1. The minimum absolute atomic E-state index is 0.0218. The maximum atomic E-state index is 12.6. The zero-order chi connectivity index (χ0) is 15.5. The topological polar surface area (TPSA) is 46.3 Å². The van der Waals surface area contributed by atoms with E-state index in [9.17, 15) is 18.0 Å². The molecule has 3 nitrogen and oxygen atoms in total. The van der Waals surface area contributed by atoms with Crippen LogP contribution in [0.3, 0.4) is 0 Å². The second kappa shape index (κ2) is 6.26. The van der Waals surface area contributed by atoms with Gasteiger partial charge >= 0.3 is 6.18 Å². The van der Waals surface area contributed by atoms with Crippen LogP contribution in [-0.2, 0) is 17.5 Å². The van der Waals surface area contributed by atoms with Gasteiger partial charge in [-0.25, -0.2) is 0 Å². The molecule has 1 aromatic rings. The summed E-state index contributed by atoms with van der Waals surface area (Å²) in [5.41, 5.74) is 5.45. The van der Waals surface area contributed by atoms with Gasteiger partial charge in [-0.15, -0.1) is 0 Å². The van der Waals surface area contributed by atoms with Gasteiger partial charge in [0.1, 0.15) is 0 Å². The minimum atomic E-state index is -4.38. The van der Waals surface area contributed by atoms with Crippen LogP contribution >= 0.6 is 0 Å². The van der Waals surface area contributed by atoms with Crippen molar-refractivity contribution < 1.29 is 18.0 Å². The Morgan fingerprint density at radius 2 is 1.95 bits per heavy atom. The van der Waals surface area contributed by atoms with Crippen molar-refractivity contribution >= 4 is 5.91 Å². The summed E-state index contributed by atoms with van der Waals surface area (Å²) in [5.74, 6) is -0.302. The number of nitrogens with zero attached hydrogens (tertiary/aromatic N) is 1. The first-order chi connectivity index (χ1) is 9.12. The van der Waals surface area contributed by atoms with Crippen LogP contribution in [0, 0.1) is 5.92 Å². The predicted molar refractivity (Wildman–Crippen MR) is 70.7 cm³/mol. The molecule has 0 aromatic heterocycles. The molecular formula is C14H19F3N2O. The maximum Gasteiger partial charge on any atom is 0.416 e. The molecule has 1 atom stereocenters. The Hall–Kier alpha value is -1.56. The Balaban J connectivity index is 2.81. The van der Waals surface area contributed by atoms with Crippen molar-refractivity contribution in [2.45, 2.75) is 32.6 Å². The third-order valence-corrected chi connectivity index (χ3v) is 3.05. The van der Waals surface area contributed by atoms with Crippen molar-refractivity contribution in [1.82, 2.24) is 4.90 Å². The Morgan fingerprint density at radius 1 is 1.35 bits per heavy atom. The summed E-state index contributed by atoms with van der Waals surface area (Å²) >= 11 is 0. The molecule has 0 bridgehead atoms. The summed E-state index contributed by atoms with van der Waals surface area (Å²) in [6.45, 7) is 3.74. The van der Waals surface area contributed by atoms with Gasteiger partial charge in [0.05, 0.1) is 11.6 Å². The predicted octanol–water partition coefficient (Wildman–Crippen LogP) is 2.65. The summed E-state index contributed by atoms with van der Waals surface area (Å²) in [4.78, 5) is 13.3. The van der Waals surface area contributed by atoms with Crippen molar-refractivity contribution in [3.8, 4) is 0 Å². The molecule has 0 aliphatic heterocycles. The van der Waals surface area contributed by atoms with Crippen molar-refractivity contribution in [2.24, 2.45) is 11.7 Å². The largest absolute Gasteiger partial charge is 0.416 e. The number of carbonyl (C=O) groups is 1. The van der Waals surface area contributed by atoms with Crippen molar-refractivity contribution in [3.63, 3.8) is 0 Å². The fourth-order valence-corrected chi connectivity index (χ4v) is 1.74. The van der Waals surface area contributed by atoms with Crippen LogP contribution in [0.5, 0.6) is 0 Å². The highest BCUT2D eigenvalue weighted by Gasteiger charge is 2.30. The van der Waals surface area contributed by atoms with E-state index in [0.29, 0.717) is 5.56 Å². The normalized spacial score (nSPS) is 13.4. The quantitative estimate of drug-likeness (QED) is 0.926. The van der Waals surface area contributed by atoms with Crippen molar-refractivity contribution in [2.75, 3.05) is 7.05 Å². The fraction of sp³-hybridized carbons (Fsp3) is 0.500. The molecule has 1 amide bonds. The van der Waals surface area contributed by atoms with E-state index >= 15 is 0 Å². The number of hydrogen-bond acceptors (Lipinski definition) is 2. The highest BCUT2D eigenvalue weighted by Crippen LogP contribution is 2.29. The number of nitrogens with two attached hydrogens (primary N) is 1. The Bertz CT molecular complexity index is 472. The van der Waals surface area contributed by atoms with Gasteiger partial charge in [-0.3, -0.25) is 4.79 Å². The van der Waals surface area contributed by atoms with Crippen LogP contribution in [0.1, 0.15) is 25.0 Å². The molecular weight excluding hydrogens is 269 g/mol. The molecule has 0 saturated heterocycles. The van der Waals surface area contributed by atoms with Gasteiger partial charge in [0.15, 0.2) is 0 Å². The molecule has 0 saturated carbocycles. The monoisotopic (exact) mass is 288 g/mol. The molecule has 20 heavy (non-hydrogen) atoms. The lowest BCUT2D eigenvalue weighted by Crippen LogP contribution is -2.44. The van der Waals surface area contributed by atoms with Crippen LogP contribution in [0.4, 0.5) is 13.2 Å². The first-order valence-corrected chi connectivity index (χ1v) is 6.29. The van der Waals surface area contributed by atoms with E-state index in [4.69, 9.17) is 5.73 Å². The number of hydrogen-bond donors (Lipinski definition) is 1. The number of halogens is 3. The third kappa shape index (κ3) is 4.23.